The number of carbonyl (C=O) groups is 2. The van der Waals surface area contributed by atoms with Gasteiger partial charge in [0, 0.05) is 47.7 Å². The summed E-state index contributed by atoms with van der Waals surface area (Å²) < 4.78 is 44.0. The Balaban J connectivity index is 1.24. The highest BCUT2D eigenvalue weighted by Crippen LogP contribution is 2.46. The molecule has 2 aliphatic rings. The van der Waals surface area contributed by atoms with E-state index in [2.05, 4.69) is 30.4 Å². The first-order valence-corrected chi connectivity index (χ1v) is 14.1. The number of halogens is 4. The highest BCUT2D eigenvalue weighted by atomic mass is 35.5. The van der Waals surface area contributed by atoms with Gasteiger partial charge in [-0.15, -0.1) is 0 Å². The second kappa shape index (κ2) is 10.9. The Hall–Kier alpha value is -4.43. The second-order valence-electron chi connectivity index (χ2n) is 11.3. The maximum Gasteiger partial charge on any atom is 0.276 e. The Bertz CT molecular complexity index is 1780. The summed E-state index contributed by atoms with van der Waals surface area (Å²) in [5.74, 6) is -1.09. The van der Waals surface area contributed by atoms with Gasteiger partial charge in [-0.2, -0.15) is 5.10 Å². The van der Waals surface area contributed by atoms with Crippen molar-refractivity contribution in [1.29, 1.82) is 0 Å². The topological polar surface area (TPSA) is 139 Å². The summed E-state index contributed by atoms with van der Waals surface area (Å²) in [5, 5.41) is 17.2. The largest absolute Gasteiger partial charge is 0.384 e. The van der Waals surface area contributed by atoms with E-state index in [0.717, 1.165) is 24.8 Å². The van der Waals surface area contributed by atoms with Crippen molar-refractivity contribution in [2.75, 3.05) is 16.8 Å². The summed E-state index contributed by atoms with van der Waals surface area (Å²) in [6.07, 6.45) is 5.02. The molecule has 1 aliphatic carbocycles. The van der Waals surface area contributed by atoms with E-state index in [0.29, 0.717) is 24.0 Å². The summed E-state index contributed by atoms with van der Waals surface area (Å²) in [4.78, 5) is 44.3. The van der Waals surface area contributed by atoms with E-state index >= 15 is 0 Å². The van der Waals surface area contributed by atoms with Gasteiger partial charge in [0.15, 0.2) is 11.5 Å². The van der Waals surface area contributed by atoms with Gasteiger partial charge in [-0.05, 0) is 39.2 Å². The highest BCUT2D eigenvalue weighted by molar-refractivity contribution is 6.31. The molecule has 0 bridgehead atoms. The van der Waals surface area contributed by atoms with Crippen molar-refractivity contribution in [3.8, 4) is 11.3 Å². The summed E-state index contributed by atoms with van der Waals surface area (Å²) in [6, 6.07) is 1.62. The minimum absolute atomic E-state index is 0.0541. The van der Waals surface area contributed by atoms with E-state index in [1.165, 1.54) is 20.0 Å². The maximum atomic E-state index is 15.0. The van der Waals surface area contributed by atoms with Crippen molar-refractivity contribution >= 4 is 35.1 Å². The number of hydrogen-bond donors (Lipinski definition) is 2. The van der Waals surface area contributed by atoms with Gasteiger partial charge in [0.25, 0.3) is 12.3 Å². The molecule has 3 atom stereocenters. The lowest BCUT2D eigenvalue weighted by atomic mass is 10.00. The van der Waals surface area contributed by atoms with Crippen molar-refractivity contribution in [2.45, 2.75) is 45.3 Å². The van der Waals surface area contributed by atoms with Crippen LogP contribution in [0.1, 0.15) is 67.0 Å². The Labute approximate surface area is 254 Å². The Kier molecular flexibility index (Phi) is 7.36. The van der Waals surface area contributed by atoms with Gasteiger partial charge in [-0.25, -0.2) is 28.1 Å². The fourth-order valence-electron chi connectivity index (χ4n) is 5.22. The number of nitrogens with zero attached hydrogens (tertiary/aromatic N) is 7. The second-order valence-corrected chi connectivity index (χ2v) is 11.8. The van der Waals surface area contributed by atoms with E-state index < -0.39 is 45.6 Å². The number of alkyl halides is 2. The molecule has 228 valence electrons. The SMILES string of the molecule is CC(c1cnc(N2C[C@H]3C[C@H]3C2=O)nc1)n1cc(NC(=O)c2nc(-c3c(C(F)F)ccc(Cl)c3F)cnc2C(C)(C)O)cn1. The molecule has 1 aliphatic heterocycles. The molecular weight excluding hydrogens is 601 g/mol. The molecule has 1 saturated heterocycles. The number of aliphatic hydroxyl groups is 1. The van der Waals surface area contributed by atoms with Crippen LogP contribution in [0.3, 0.4) is 0 Å². The Morgan fingerprint density at radius 2 is 1.89 bits per heavy atom. The van der Waals surface area contributed by atoms with Gasteiger partial charge in [0.2, 0.25) is 11.9 Å². The molecule has 0 radical (unpaired) electrons. The van der Waals surface area contributed by atoms with E-state index in [1.54, 1.807) is 28.2 Å². The zero-order valence-electron chi connectivity index (χ0n) is 23.7. The number of hydrogen-bond acceptors (Lipinski definition) is 8. The molecule has 11 nitrogen and oxygen atoms in total. The third-order valence-electron chi connectivity index (χ3n) is 7.75. The van der Waals surface area contributed by atoms with Crippen molar-refractivity contribution < 1.29 is 27.9 Å². The molecule has 15 heteroatoms. The molecule has 1 aromatic carbocycles. The molecule has 2 N–H and O–H groups in total. The number of benzene rings is 1. The predicted octanol–water partition coefficient (Wildman–Crippen LogP) is 4.93. The highest BCUT2D eigenvalue weighted by Gasteiger charge is 2.53. The van der Waals surface area contributed by atoms with E-state index in [4.69, 9.17) is 11.6 Å². The quantitative estimate of drug-likeness (QED) is 0.281. The Morgan fingerprint density at radius 1 is 1.16 bits per heavy atom. The van der Waals surface area contributed by atoms with Gasteiger partial charge in [-0.1, -0.05) is 17.7 Å². The van der Waals surface area contributed by atoms with E-state index in [9.17, 15) is 27.9 Å². The Morgan fingerprint density at radius 3 is 2.52 bits per heavy atom. The number of amides is 2. The number of carbonyl (C=O) groups excluding carboxylic acids is 2. The van der Waals surface area contributed by atoms with Crippen LogP contribution in [-0.2, 0) is 10.4 Å². The third-order valence-corrected chi connectivity index (χ3v) is 8.04. The zero-order chi connectivity index (χ0) is 31.5. The first kappa shape index (κ1) is 29.6. The lowest BCUT2D eigenvalue weighted by Gasteiger charge is -2.20. The molecule has 4 aromatic rings. The standard InChI is InChI=1S/C29H26ClF3N8O3/c1-13(15-7-35-28(36-8-15)40-11-14-6-18(14)27(40)43)41-12-16(9-37-41)38-26(42)23-24(29(2,3)44)34-10-20(39-23)21-17(25(32)33)4-5-19(30)22(21)31/h4-5,7-10,12-14,18,25,44H,6,11H2,1-3H3,(H,38,42)/t13?,14-,18-/m1/s1. The fourth-order valence-corrected chi connectivity index (χ4v) is 5.38. The molecule has 4 heterocycles. The van der Waals surface area contributed by atoms with Crippen LogP contribution in [0.2, 0.25) is 5.02 Å². The van der Waals surface area contributed by atoms with Gasteiger partial charge in [-0.3, -0.25) is 24.2 Å². The lowest BCUT2D eigenvalue weighted by Crippen LogP contribution is -2.29. The molecule has 2 amide bonds. The molecular formula is C29H26ClF3N8O3. The average Bonchev–Trinajstić information content (AvgIpc) is 3.49. The molecule has 6 rings (SSSR count). The van der Waals surface area contributed by atoms with E-state index in [-0.39, 0.29) is 34.9 Å². The van der Waals surface area contributed by atoms with Gasteiger partial charge >= 0.3 is 0 Å². The summed E-state index contributed by atoms with van der Waals surface area (Å²) in [6.45, 7) is 5.21. The number of anilines is 2. The lowest BCUT2D eigenvalue weighted by molar-refractivity contribution is -0.118. The van der Waals surface area contributed by atoms with Gasteiger partial charge < -0.3 is 10.4 Å². The number of aromatic nitrogens is 6. The van der Waals surface area contributed by atoms with Crippen molar-refractivity contribution in [3.05, 3.63) is 76.5 Å². The van der Waals surface area contributed by atoms with Crippen LogP contribution in [0.4, 0.5) is 24.8 Å². The third kappa shape index (κ3) is 5.39. The minimum atomic E-state index is -3.06. The van der Waals surface area contributed by atoms with Gasteiger partial charge in [0.05, 0.1) is 34.8 Å². The molecule has 1 unspecified atom stereocenters. The molecule has 0 spiro atoms. The van der Waals surface area contributed by atoms with Crippen LogP contribution in [0.5, 0.6) is 0 Å². The predicted molar refractivity (Wildman–Crippen MR) is 153 cm³/mol. The van der Waals surface area contributed by atoms with Crippen molar-refractivity contribution in [3.63, 3.8) is 0 Å². The molecule has 44 heavy (non-hydrogen) atoms. The number of piperidine rings is 1. The summed E-state index contributed by atoms with van der Waals surface area (Å²) in [5.41, 5.74) is -2.93. The molecule has 3 aromatic heterocycles. The minimum Gasteiger partial charge on any atom is -0.384 e. The number of nitrogens with one attached hydrogen (secondary N) is 1. The first-order chi connectivity index (χ1) is 20.8. The van der Waals surface area contributed by atoms with Crippen LogP contribution >= 0.6 is 11.6 Å². The van der Waals surface area contributed by atoms with Crippen LogP contribution in [0, 0.1) is 17.7 Å². The molecule has 2 fully saturated rings. The average molecular weight is 627 g/mol. The summed E-state index contributed by atoms with van der Waals surface area (Å²) >= 11 is 5.86. The van der Waals surface area contributed by atoms with Crippen LogP contribution in [0.15, 0.2) is 43.1 Å². The van der Waals surface area contributed by atoms with Crippen molar-refractivity contribution in [1.82, 2.24) is 29.7 Å². The molecule has 1 saturated carbocycles. The van der Waals surface area contributed by atoms with Crippen molar-refractivity contribution in [2.24, 2.45) is 11.8 Å². The van der Waals surface area contributed by atoms with Crippen LogP contribution in [0.25, 0.3) is 11.3 Å². The number of rotatable bonds is 8. The first-order valence-electron chi connectivity index (χ1n) is 13.7. The van der Waals surface area contributed by atoms with E-state index in [1.807, 2.05) is 6.92 Å². The zero-order valence-corrected chi connectivity index (χ0v) is 24.4. The fraction of sp³-hybridized carbons (Fsp3) is 0.345. The monoisotopic (exact) mass is 626 g/mol. The smallest absolute Gasteiger partial charge is 0.276 e. The van der Waals surface area contributed by atoms with Crippen LogP contribution in [-0.4, -0.2) is 53.2 Å². The normalized spacial score (nSPS) is 18.5. The van der Waals surface area contributed by atoms with Gasteiger partial charge in [0.1, 0.15) is 11.3 Å². The van der Waals surface area contributed by atoms with Crippen LogP contribution < -0.4 is 10.2 Å². The maximum absolute atomic E-state index is 15.0. The number of fused-ring (bicyclic) bond motifs is 1. The summed E-state index contributed by atoms with van der Waals surface area (Å²) in [7, 11) is 0.